The highest BCUT2D eigenvalue weighted by Crippen LogP contribution is 2.18. The van der Waals surface area contributed by atoms with Gasteiger partial charge < -0.3 is 20.1 Å². The standard InChI is InChI=1S/C13H20N2O3/c1-3-18-8-7-14-13(17)10-15(2)11-5-4-6-12(16)9-11/h4-6,9,16H,3,7-8,10H2,1-2H3,(H,14,17). The predicted octanol–water partition coefficient (Wildman–Crippen LogP) is 0.981. The number of aromatic hydroxyl groups is 1. The second-order valence-electron chi connectivity index (χ2n) is 3.92. The Bertz CT molecular complexity index is 382. The van der Waals surface area contributed by atoms with E-state index in [1.54, 1.807) is 30.1 Å². The number of anilines is 1. The average Bonchev–Trinajstić information content (AvgIpc) is 2.34. The molecule has 0 bridgehead atoms. The molecule has 1 rings (SSSR count). The zero-order valence-corrected chi connectivity index (χ0v) is 10.8. The number of amides is 1. The average molecular weight is 252 g/mol. The summed E-state index contributed by atoms with van der Waals surface area (Å²) in [7, 11) is 1.80. The van der Waals surface area contributed by atoms with Crippen LogP contribution >= 0.6 is 0 Å². The molecule has 0 spiro atoms. The van der Waals surface area contributed by atoms with Gasteiger partial charge in [-0.1, -0.05) is 6.07 Å². The van der Waals surface area contributed by atoms with Crippen molar-refractivity contribution < 1.29 is 14.6 Å². The summed E-state index contributed by atoms with van der Waals surface area (Å²) >= 11 is 0. The first kappa shape index (κ1) is 14.3. The van der Waals surface area contributed by atoms with Crippen molar-refractivity contribution >= 4 is 11.6 Å². The van der Waals surface area contributed by atoms with Crippen LogP contribution in [0.1, 0.15) is 6.92 Å². The molecular formula is C13H20N2O3. The van der Waals surface area contributed by atoms with Crippen LogP contribution in [0.3, 0.4) is 0 Å². The molecule has 5 heteroatoms. The first-order chi connectivity index (χ1) is 8.63. The van der Waals surface area contributed by atoms with E-state index in [1.807, 2.05) is 13.0 Å². The third-order valence-electron chi connectivity index (χ3n) is 2.42. The molecule has 0 radical (unpaired) electrons. The largest absolute Gasteiger partial charge is 0.508 e. The minimum atomic E-state index is -0.0689. The van der Waals surface area contributed by atoms with Gasteiger partial charge in [0.2, 0.25) is 5.91 Å². The van der Waals surface area contributed by atoms with E-state index in [0.29, 0.717) is 19.8 Å². The number of hydrogen-bond donors (Lipinski definition) is 2. The van der Waals surface area contributed by atoms with E-state index in [-0.39, 0.29) is 18.2 Å². The Hall–Kier alpha value is -1.75. The number of ether oxygens (including phenoxy) is 1. The van der Waals surface area contributed by atoms with Crippen LogP contribution in [0.15, 0.2) is 24.3 Å². The molecule has 0 atom stereocenters. The van der Waals surface area contributed by atoms with Crippen molar-refractivity contribution in [3.63, 3.8) is 0 Å². The van der Waals surface area contributed by atoms with Crippen molar-refractivity contribution in [2.75, 3.05) is 38.3 Å². The molecule has 1 aromatic carbocycles. The molecule has 0 aliphatic rings. The Kier molecular flexibility index (Phi) is 6.00. The van der Waals surface area contributed by atoms with Crippen LogP contribution in [-0.2, 0) is 9.53 Å². The zero-order chi connectivity index (χ0) is 13.4. The third-order valence-corrected chi connectivity index (χ3v) is 2.42. The molecule has 0 aliphatic heterocycles. The smallest absolute Gasteiger partial charge is 0.239 e. The second kappa shape index (κ2) is 7.55. The summed E-state index contributed by atoms with van der Waals surface area (Å²) in [4.78, 5) is 13.4. The van der Waals surface area contributed by atoms with Gasteiger partial charge in [0, 0.05) is 32.0 Å². The normalized spacial score (nSPS) is 10.1. The summed E-state index contributed by atoms with van der Waals surface area (Å²) in [5.74, 6) is 0.122. The van der Waals surface area contributed by atoms with Gasteiger partial charge in [-0.3, -0.25) is 4.79 Å². The number of nitrogens with one attached hydrogen (secondary N) is 1. The maximum Gasteiger partial charge on any atom is 0.239 e. The predicted molar refractivity (Wildman–Crippen MR) is 70.9 cm³/mol. The van der Waals surface area contributed by atoms with E-state index in [4.69, 9.17) is 4.74 Å². The Labute approximate surface area is 107 Å². The van der Waals surface area contributed by atoms with Crippen LogP contribution in [-0.4, -0.2) is 44.4 Å². The van der Waals surface area contributed by atoms with E-state index < -0.39 is 0 Å². The van der Waals surface area contributed by atoms with Crippen molar-refractivity contribution in [1.29, 1.82) is 0 Å². The Morgan fingerprint density at radius 3 is 2.94 bits per heavy atom. The molecule has 100 valence electrons. The van der Waals surface area contributed by atoms with Crippen LogP contribution in [0, 0.1) is 0 Å². The van der Waals surface area contributed by atoms with Crippen molar-refractivity contribution in [3.05, 3.63) is 24.3 Å². The topological polar surface area (TPSA) is 61.8 Å². The summed E-state index contributed by atoms with van der Waals surface area (Å²) in [6.45, 7) is 3.85. The van der Waals surface area contributed by atoms with E-state index in [9.17, 15) is 9.90 Å². The van der Waals surface area contributed by atoms with Crippen LogP contribution in [0.5, 0.6) is 5.75 Å². The van der Waals surface area contributed by atoms with E-state index in [0.717, 1.165) is 5.69 Å². The number of phenolic OH excluding ortho intramolecular Hbond substituents is 1. The number of hydrogen-bond acceptors (Lipinski definition) is 4. The highest BCUT2D eigenvalue weighted by Gasteiger charge is 2.07. The minimum absolute atomic E-state index is 0.0689. The van der Waals surface area contributed by atoms with Gasteiger partial charge in [0.15, 0.2) is 0 Å². The third kappa shape index (κ3) is 5.05. The molecule has 0 aromatic heterocycles. The van der Waals surface area contributed by atoms with Gasteiger partial charge in [-0.15, -0.1) is 0 Å². The lowest BCUT2D eigenvalue weighted by Gasteiger charge is -2.18. The maximum atomic E-state index is 11.6. The minimum Gasteiger partial charge on any atom is -0.508 e. The fraction of sp³-hybridized carbons (Fsp3) is 0.462. The van der Waals surface area contributed by atoms with E-state index in [2.05, 4.69) is 5.32 Å². The number of carbonyl (C=O) groups is 1. The van der Waals surface area contributed by atoms with Crippen molar-refractivity contribution in [2.24, 2.45) is 0 Å². The number of nitrogens with zero attached hydrogens (tertiary/aromatic N) is 1. The highest BCUT2D eigenvalue weighted by molar-refractivity contribution is 5.81. The molecule has 0 unspecified atom stereocenters. The molecule has 1 aromatic rings. The molecule has 0 fully saturated rings. The van der Waals surface area contributed by atoms with Crippen LogP contribution in [0.2, 0.25) is 0 Å². The summed E-state index contributed by atoms with van der Waals surface area (Å²) in [6.07, 6.45) is 0. The van der Waals surface area contributed by atoms with Gasteiger partial charge >= 0.3 is 0 Å². The van der Waals surface area contributed by atoms with Crippen LogP contribution in [0.4, 0.5) is 5.69 Å². The lowest BCUT2D eigenvalue weighted by Crippen LogP contribution is -2.36. The Morgan fingerprint density at radius 2 is 2.28 bits per heavy atom. The van der Waals surface area contributed by atoms with Gasteiger partial charge in [0.25, 0.3) is 0 Å². The van der Waals surface area contributed by atoms with Gasteiger partial charge in [-0.25, -0.2) is 0 Å². The lowest BCUT2D eigenvalue weighted by atomic mass is 10.3. The molecule has 0 aliphatic carbocycles. The Balaban J connectivity index is 2.35. The first-order valence-electron chi connectivity index (χ1n) is 5.98. The molecule has 0 heterocycles. The molecule has 0 saturated carbocycles. The maximum absolute atomic E-state index is 11.6. The van der Waals surface area contributed by atoms with Gasteiger partial charge in [-0.2, -0.15) is 0 Å². The summed E-state index contributed by atoms with van der Waals surface area (Å²) < 4.78 is 5.13. The van der Waals surface area contributed by atoms with Crippen molar-refractivity contribution in [2.45, 2.75) is 6.92 Å². The quantitative estimate of drug-likeness (QED) is 0.710. The molecule has 2 N–H and O–H groups in total. The first-order valence-corrected chi connectivity index (χ1v) is 5.98. The molecule has 1 amide bonds. The van der Waals surface area contributed by atoms with Gasteiger partial charge in [-0.05, 0) is 19.1 Å². The number of likely N-dealkylation sites (N-methyl/N-ethyl adjacent to an activating group) is 1. The summed E-state index contributed by atoms with van der Waals surface area (Å²) in [5.41, 5.74) is 0.801. The molecule has 5 nitrogen and oxygen atoms in total. The molecular weight excluding hydrogens is 232 g/mol. The van der Waals surface area contributed by atoms with E-state index in [1.165, 1.54) is 0 Å². The van der Waals surface area contributed by atoms with Crippen molar-refractivity contribution in [1.82, 2.24) is 5.32 Å². The molecule has 18 heavy (non-hydrogen) atoms. The second-order valence-corrected chi connectivity index (χ2v) is 3.92. The number of benzene rings is 1. The number of rotatable bonds is 7. The van der Waals surface area contributed by atoms with Crippen LogP contribution < -0.4 is 10.2 Å². The van der Waals surface area contributed by atoms with Crippen molar-refractivity contribution in [3.8, 4) is 5.75 Å². The lowest BCUT2D eigenvalue weighted by molar-refractivity contribution is -0.119. The van der Waals surface area contributed by atoms with Gasteiger partial charge in [0.05, 0.1) is 13.2 Å². The molecule has 0 saturated heterocycles. The summed E-state index contributed by atoms with van der Waals surface area (Å²) in [5, 5.41) is 12.1. The zero-order valence-electron chi connectivity index (χ0n) is 10.8. The highest BCUT2D eigenvalue weighted by atomic mass is 16.5. The monoisotopic (exact) mass is 252 g/mol. The Morgan fingerprint density at radius 1 is 1.50 bits per heavy atom. The number of carbonyl (C=O) groups excluding carboxylic acids is 1. The fourth-order valence-electron chi connectivity index (χ4n) is 1.50. The van der Waals surface area contributed by atoms with Gasteiger partial charge in [0.1, 0.15) is 5.75 Å². The van der Waals surface area contributed by atoms with E-state index >= 15 is 0 Å². The van der Waals surface area contributed by atoms with Crippen LogP contribution in [0.25, 0.3) is 0 Å². The SMILES string of the molecule is CCOCCNC(=O)CN(C)c1cccc(O)c1. The summed E-state index contributed by atoms with van der Waals surface area (Å²) in [6, 6.07) is 6.80. The number of phenols is 1. The fourth-order valence-corrected chi connectivity index (χ4v) is 1.50.